The van der Waals surface area contributed by atoms with Crippen molar-refractivity contribution >= 4 is 45.2 Å². The summed E-state index contributed by atoms with van der Waals surface area (Å²) >= 11 is 7.59. The lowest BCUT2D eigenvalue weighted by Gasteiger charge is -2.35. The number of halogens is 1. The Morgan fingerprint density at radius 2 is 1.91 bits per heavy atom. The lowest BCUT2D eigenvalue weighted by molar-refractivity contribution is 0.643. The van der Waals surface area contributed by atoms with Crippen molar-refractivity contribution in [1.29, 1.82) is 0 Å². The Balaban J connectivity index is 1.61. The van der Waals surface area contributed by atoms with E-state index in [0.717, 1.165) is 36.3 Å². The molecule has 122 valence electrons. The third-order valence-electron chi connectivity index (χ3n) is 3.53. The van der Waals surface area contributed by atoms with E-state index >= 15 is 0 Å². The second-order valence-electron chi connectivity index (χ2n) is 5.53. The quantitative estimate of drug-likeness (QED) is 0.626. The van der Waals surface area contributed by atoms with Crippen LogP contribution in [0.4, 0.5) is 16.0 Å². The van der Waals surface area contributed by atoms with Gasteiger partial charge in [0.2, 0.25) is 10.3 Å². The fourth-order valence-corrected chi connectivity index (χ4v) is 3.30. The zero-order valence-corrected chi connectivity index (χ0v) is 14.8. The van der Waals surface area contributed by atoms with Gasteiger partial charge in [-0.2, -0.15) is 0 Å². The van der Waals surface area contributed by atoms with Gasteiger partial charge in [0.15, 0.2) is 0 Å². The van der Waals surface area contributed by atoms with E-state index in [2.05, 4.69) is 31.1 Å². The number of hydrogen-bond donors (Lipinski definition) is 0. The van der Waals surface area contributed by atoms with Crippen molar-refractivity contribution in [2.75, 3.05) is 50.1 Å². The fourth-order valence-electron chi connectivity index (χ4n) is 2.38. The van der Waals surface area contributed by atoms with Crippen LogP contribution in [0.25, 0.3) is 0 Å². The number of anilines is 2. The Morgan fingerprint density at radius 1 is 1.17 bits per heavy atom. The summed E-state index contributed by atoms with van der Waals surface area (Å²) < 4.78 is 0. The summed E-state index contributed by atoms with van der Waals surface area (Å²) in [5, 5.41) is 10.8. The summed E-state index contributed by atoms with van der Waals surface area (Å²) in [6.07, 6.45) is 1.74. The Labute approximate surface area is 145 Å². The highest BCUT2D eigenvalue weighted by Crippen LogP contribution is 2.28. The topological polar surface area (TPSA) is 47.9 Å². The van der Waals surface area contributed by atoms with Crippen LogP contribution in [-0.2, 0) is 0 Å². The summed E-state index contributed by atoms with van der Waals surface area (Å²) in [5.41, 5.74) is 1.17. The molecule has 1 aliphatic rings. The molecule has 0 bridgehead atoms. The molecule has 1 fully saturated rings. The normalized spacial score (nSPS) is 15.4. The lowest BCUT2D eigenvalue weighted by atomic mass is 10.2. The third-order valence-corrected chi connectivity index (χ3v) is 4.65. The van der Waals surface area contributed by atoms with Gasteiger partial charge in [0.1, 0.15) is 0 Å². The molecule has 0 amide bonds. The van der Waals surface area contributed by atoms with Gasteiger partial charge in [0, 0.05) is 51.0 Å². The first kappa shape index (κ1) is 16.0. The van der Waals surface area contributed by atoms with Crippen LogP contribution >= 0.6 is 22.9 Å². The molecule has 3 rings (SSSR count). The summed E-state index contributed by atoms with van der Waals surface area (Å²) in [5.74, 6) is 0. The number of benzene rings is 1. The van der Waals surface area contributed by atoms with Crippen molar-refractivity contribution in [2.45, 2.75) is 0 Å². The molecule has 0 radical (unpaired) electrons. The van der Waals surface area contributed by atoms with Gasteiger partial charge >= 0.3 is 0 Å². The molecule has 0 spiro atoms. The summed E-state index contributed by atoms with van der Waals surface area (Å²) in [6.45, 7) is 3.71. The van der Waals surface area contributed by atoms with Gasteiger partial charge in [-0.15, -0.1) is 10.2 Å². The minimum Gasteiger partial charge on any atom is -0.369 e. The summed E-state index contributed by atoms with van der Waals surface area (Å²) in [4.78, 5) is 10.8. The minimum atomic E-state index is 0.686. The van der Waals surface area contributed by atoms with Crippen LogP contribution in [0, 0.1) is 0 Å². The predicted molar refractivity (Wildman–Crippen MR) is 97.6 cm³/mol. The zero-order valence-electron chi connectivity index (χ0n) is 13.2. The molecule has 1 aromatic carbocycles. The SMILES string of the molecule is CN(C)/C=N/c1nnc(N2CCN(c3cccc(Cl)c3)CC2)s1. The largest absolute Gasteiger partial charge is 0.369 e. The molecule has 0 atom stereocenters. The predicted octanol–water partition coefficient (Wildman–Crippen LogP) is 2.74. The van der Waals surface area contributed by atoms with E-state index in [-0.39, 0.29) is 0 Å². The van der Waals surface area contributed by atoms with E-state index in [0.29, 0.717) is 5.13 Å². The molecule has 0 saturated carbocycles. The second kappa shape index (κ2) is 7.14. The van der Waals surface area contributed by atoms with E-state index in [9.17, 15) is 0 Å². The summed E-state index contributed by atoms with van der Waals surface area (Å²) in [6, 6.07) is 8.00. The van der Waals surface area contributed by atoms with Crippen LogP contribution in [-0.4, -0.2) is 61.7 Å². The smallest absolute Gasteiger partial charge is 0.234 e. The maximum absolute atomic E-state index is 6.07. The maximum Gasteiger partial charge on any atom is 0.234 e. The highest BCUT2D eigenvalue weighted by Gasteiger charge is 2.20. The number of nitrogens with zero attached hydrogens (tertiary/aromatic N) is 6. The van der Waals surface area contributed by atoms with Crippen molar-refractivity contribution in [2.24, 2.45) is 4.99 Å². The van der Waals surface area contributed by atoms with Crippen molar-refractivity contribution in [3.63, 3.8) is 0 Å². The van der Waals surface area contributed by atoms with Gasteiger partial charge < -0.3 is 14.7 Å². The molecule has 6 nitrogen and oxygen atoms in total. The van der Waals surface area contributed by atoms with Crippen molar-refractivity contribution in [3.8, 4) is 0 Å². The highest BCUT2D eigenvalue weighted by atomic mass is 35.5. The van der Waals surface area contributed by atoms with Crippen LogP contribution in [0.2, 0.25) is 5.02 Å². The number of rotatable bonds is 4. The Hall–Kier alpha value is -1.86. The highest BCUT2D eigenvalue weighted by molar-refractivity contribution is 7.18. The standard InChI is InChI=1S/C15H19ClN6S/c1-20(2)11-17-14-18-19-15(23-14)22-8-6-21(7-9-22)13-5-3-4-12(16)10-13/h3-5,10-11H,6-9H2,1-2H3/b17-11+. The Bertz CT molecular complexity index is 678. The number of aliphatic imine (C=N–C) groups is 1. The molecular weight excluding hydrogens is 332 g/mol. The number of aromatic nitrogens is 2. The number of hydrogen-bond acceptors (Lipinski definition) is 6. The lowest BCUT2D eigenvalue weighted by Crippen LogP contribution is -2.46. The van der Waals surface area contributed by atoms with Crippen LogP contribution in [0.5, 0.6) is 0 Å². The van der Waals surface area contributed by atoms with E-state index in [1.165, 1.54) is 17.0 Å². The first-order valence-corrected chi connectivity index (χ1v) is 8.61. The van der Waals surface area contributed by atoms with Gasteiger partial charge in [-0.25, -0.2) is 4.99 Å². The average molecular weight is 351 g/mol. The van der Waals surface area contributed by atoms with Crippen molar-refractivity contribution in [3.05, 3.63) is 29.3 Å². The van der Waals surface area contributed by atoms with E-state index in [4.69, 9.17) is 11.6 Å². The third kappa shape index (κ3) is 4.11. The molecule has 1 aliphatic heterocycles. The molecule has 23 heavy (non-hydrogen) atoms. The van der Waals surface area contributed by atoms with Crippen molar-refractivity contribution in [1.82, 2.24) is 15.1 Å². The number of piperazine rings is 1. The van der Waals surface area contributed by atoms with Crippen LogP contribution in [0.15, 0.2) is 29.3 Å². The first-order valence-electron chi connectivity index (χ1n) is 7.41. The van der Waals surface area contributed by atoms with E-state index in [1.807, 2.05) is 37.2 Å². The molecule has 1 saturated heterocycles. The van der Waals surface area contributed by atoms with Crippen LogP contribution in [0.3, 0.4) is 0 Å². The Kier molecular flexibility index (Phi) is 4.97. The molecule has 0 unspecified atom stereocenters. The molecule has 0 N–H and O–H groups in total. The van der Waals surface area contributed by atoms with Gasteiger partial charge in [0.05, 0.1) is 6.34 Å². The van der Waals surface area contributed by atoms with Gasteiger partial charge in [0.25, 0.3) is 0 Å². The van der Waals surface area contributed by atoms with Crippen LogP contribution in [0.1, 0.15) is 0 Å². The molecule has 8 heteroatoms. The maximum atomic E-state index is 6.07. The molecule has 2 heterocycles. The Morgan fingerprint density at radius 3 is 2.61 bits per heavy atom. The minimum absolute atomic E-state index is 0.686. The zero-order chi connectivity index (χ0) is 16.2. The molecule has 2 aromatic rings. The average Bonchev–Trinajstić information content (AvgIpc) is 3.02. The van der Waals surface area contributed by atoms with Crippen LogP contribution < -0.4 is 9.80 Å². The molecule has 0 aliphatic carbocycles. The fraction of sp³-hybridized carbons (Fsp3) is 0.400. The van der Waals surface area contributed by atoms with E-state index in [1.54, 1.807) is 6.34 Å². The first-order chi connectivity index (χ1) is 11.1. The van der Waals surface area contributed by atoms with Gasteiger partial charge in [-0.3, -0.25) is 0 Å². The monoisotopic (exact) mass is 350 g/mol. The van der Waals surface area contributed by atoms with Gasteiger partial charge in [-0.05, 0) is 18.2 Å². The molecule has 1 aromatic heterocycles. The summed E-state index contributed by atoms with van der Waals surface area (Å²) in [7, 11) is 3.86. The second-order valence-corrected chi connectivity index (χ2v) is 6.90. The van der Waals surface area contributed by atoms with Gasteiger partial charge in [-0.1, -0.05) is 29.0 Å². The van der Waals surface area contributed by atoms with E-state index < -0.39 is 0 Å². The van der Waals surface area contributed by atoms with Crippen molar-refractivity contribution < 1.29 is 0 Å². The molecular formula is C15H19ClN6S.